The molecule has 2 nitrogen and oxygen atoms in total. The molecule has 2 N–H and O–H groups in total. The van der Waals surface area contributed by atoms with Gasteiger partial charge >= 0.3 is 0 Å². The van der Waals surface area contributed by atoms with E-state index in [0.717, 1.165) is 18.4 Å². The van der Waals surface area contributed by atoms with Crippen LogP contribution >= 0.6 is 0 Å². The molecule has 0 heterocycles. The number of rotatable bonds is 0. The molecule has 0 spiro atoms. The van der Waals surface area contributed by atoms with Crippen molar-refractivity contribution < 1.29 is 10.2 Å². The Bertz CT molecular complexity index is 382. The van der Waals surface area contributed by atoms with Crippen LogP contribution in [-0.2, 0) is 0 Å². The molecule has 17 heavy (non-hydrogen) atoms. The van der Waals surface area contributed by atoms with Gasteiger partial charge in [0.25, 0.3) is 0 Å². The summed E-state index contributed by atoms with van der Waals surface area (Å²) in [5.74, 6) is 1.11. The van der Waals surface area contributed by atoms with Crippen LogP contribution < -0.4 is 0 Å². The molecule has 0 aromatic rings. The highest BCUT2D eigenvalue weighted by Gasteiger charge is 2.71. The Morgan fingerprint density at radius 2 is 1.82 bits per heavy atom. The predicted octanol–water partition coefficient (Wildman–Crippen LogP) is 2.50. The van der Waals surface area contributed by atoms with Crippen LogP contribution in [0.1, 0.15) is 46.5 Å². The lowest BCUT2D eigenvalue weighted by atomic mass is 9.74. The van der Waals surface area contributed by atoms with Crippen molar-refractivity contribution in [1.29, 1.82) is 0 Å². The quantitative estimate of drug-likeness (QED) is 0.634. The number of hydrogen-bond donors (Lipinski definition) is 2. The molecule has 0 amide bonds. The lowest BCUT2D eigenvalue weighted by Crippen LogP contribution is -2.45. The van der Waals surface area contributed by atoms with Crippen LogP contribution in [0.2, 0.25) is 0 Å². The fourth-order valence-electron chi connectivity index (χ4n) is 4.90. The minimum atomic E-state index is -0.809. The lowest BCUT2D eigenvalue weighted by molar-refractivity contribution is -0.0619. The summed E-state index contributed by atoms with van der Waals surface area (Å²) in [6.07, 6.45) is 3.44. The summed E-state index contributed by atoms with van der Waals surface area (Å²) in [5.41, 5.74) is -0.286. The van der Waals surface area contributed by atoms with Gasteiger partial charge in [-0.3, -0.25) is 0 Å². The summed E-state index contributed by atoms with van der Waals surface area (Å²) in [5, 5.41) is 21.6. The molecule has 3 saturated carbocycles. The average molecular weight is 236 g/mol. The van der Waals surface area contributed by atoms with Gasteiger partial charge in [-0.15, -0.1) is 0 Å². The molecule has 3 aliphatic rings. The van der Waals surface area contributed by atoms with Crippen LogP contribution in [0.5, 0.6) is 0 Å². The summed E-state index contributed by atoms with van der Waals surface area (Å²) in [6, 6.07) is 0. The standard InChI is InChI=1S/C15H24O2/c1-9-5-6-10-11(13(10,2)3)12-14(4,16)7-8-15(9,12)17/h10-12,16-17H,1,5-8H2,2-4H3. The van der Waals surface area contributed by atoms with Gasteiger partial charge in [0.1, 0.15) is 0 Å². The van der Waals surface area contributed by atoms with Gasteiger partial charge < -0.3 is 10.2 Å². The Morgan fingerprint density at radius 1 is 1.18 bits per heavy atom. The van der Waals surface area contributed by atoms with Crippen molar-refractivity contribution in [3.05, 3.63) is 12.2 Å². The van der Waals surface area contributed by atoms with E-state index in [9.17, 15) is 10.2 Å². The fourth-order valence-corrected chi connectivity index (χ4v) is 4.90. The van der Waals surface area contributed by atoms with Gasteiger partial charge in [-0.2, -0.15) is 0 Å². The zero-order chi connectivity index (χ0) is 12.6. The molecular formula is C15H24O2. The molecule has 3 fully saturated rings. The predicted molar refractivity (Wildman–Crippen MR) is 67.4 cm³/mol. The molecule has 0 radical (unpaired) electrons. The van der Waals surface area contributed by atoms with Gasteiger partial charge in [-0.1, -0.05) is 20.4 Å². The van der Waals surface area contributed by atoms with E-state index in [4.69, 9.17) is 0 Å². The Hall–Kier alpha value is -0.340. The van der Waals surface area contributed by atoms with Crippen LogP contribution in [0, 0.1) is 23.2 Å². The van der Waals surface area contributed by atoms with Gasteiger partial charge in [0.15, 0.2) is 0 Å². The van der Waals surface area contributed by atoms with E-state index in [-0.39, 0.29) is 11.3 Å². The Labute approximate surface area is 104 Å². The minimum absolute atomic E-state index is 0.00926. The van der Waals surface area contributed by atoms with E-state index in [1.54, 1.807) is 0 Å². The normalized spacial score (nSPS) is 56.1. The third-order valence-corrected chi connectivity index (χ3v) is 6.06. The second kappa shape index (κ2) is 2.97. The largest absolute Gasteiger partial charge is 0.390 e. The second-order valence-electron chi connectivity index (χ2n) is 7.35. The molecule has 96 valence electrons. The molecule has 0 bridgehead atoms. The summed E-state index contributed by atoms with van der Waals surface area (Å²) in [7, 11) is 0. The fraction of sp³-hybridized carbons (Fsp3) is 0.867. The van der Waals surface area contributed by atoms with E-state index in [1.165, 1.54) is 0 Å². The third-order valence-electron chi connectivity index (χ3n) is 6.06. The van der Waals surface area contributed by atoms with Crippen LogP contribution in [0.25, 0.3) is 0 Å². The van der Waals surface area contributed by atoms with E-state index in [0.29, 0.717) is 24.7 Å². The van der Waals surface area contributed by atoms with E-state index < -0.39 is 11.2 Å². The first-order valence-corrected chi connectivity index (χ1v) is 6.84. The van der Waals surface area contributed by atoms with Crippen LogP contribution in [0.3, 0.4) is 0 Å². The molecule has 5 unspecified atom stereocenters. The highest BCUT2D eigenvalue weighted by atomic mass is 16.3. The summed E-state index contributed by atoms with van der Waals surface area (Å²) in [6.45, 7) is 10.6. The van der Waals surface area contributed by atoms with Gasteiger partial charge in [0.2, 0.25) is 0 Å². The highest BCUT2D eigenvalue weighted by molar-refractivity contribution is 5.30. The van der Waals surface area contributed by atoms with Gasteiger partial charge in [0, 0.05) is 5.92 Å². The zero-order valence-corrected chi connectivity index (χ0v) is 11.2. The molecule has 0 aromatic heterocycles. The molecule has 0 aliphatic heterocycles. The van der Waals surface area contributed by atoms with Crippen molar-refractivity contribution in [2.45, 2.75) is 57.7 Å². The average Bonchev–Trinajstić information content (AvgIpc) is 2.67. The topological polar surface area (TPSA) is 40.5 Å². The zero-order valence-electron chi connectivity index (χ0n) is 11.2. The maximum Gasteiger partial charge on any atom is 0.0913 e. The van der Waals surface area contributed by atoms with Crippen molar-refractivity contribution >= 4 is 0 Å². The van der Waals surface area contributed by atoms with Crippen molar-refractivity contribution in [3.63, 3.8) is 0 Å². The number of hydrogen-bond acceptors (Lipinski definition) is 2. The summed E-state index contributed by atoms with van der Waals surface area (Å²) >= 11 is 0. The molecule has 3 aliphatic carbocycles. The van der Waals surface area contributed by atoms with Crippen molar-refractivity contribution in [2.24, 2.45) is 23.2 Å². The molecule has 0 aromatic carbocycles. The van der Waals surface area contributed by atoms with Crippen molar-refractivity contribution in [3.8, 4) is 0 Å². The van der Waals surface area contributed by atoms with Crippen LogP contribution in [0.4, 0.5) is 0 Å². The van der Waals surface area contributed by atoms with E-state index in [2.05, 4.69) is 20.4 Å². The molecule has 2 heteroatoms. The van der Waals surface area contributed by atoms with Gasteiger partial charge in [0.05, 0.1) is 11.2 Å². The Kier molecular flexibility index (Phi) is 2.05. The molecule has 0 saturated heterocycles. The summed E-state index contributed by atoms with van der Waals surface area (Å²) < 4.78 is 0. The minimum Gasteiger partial charge on any atom is -0.390 e. The van der Waals surface area contributed by atoms with Crippen LogP contribution in [-0.4, -0.2) is 21.4 Å². The van der Waals surface area contributed by atoms with Gasteiger partial charge in [-0.25, -0.2) is 0 Å². The second-order valence-corrected chi connectivity index (χ2v) is 7.35. The third kappa shape index (κ3) is 1.29. The van der Waals surface area contributed by atoms with Crippen molar-refractivity contribution in [1.82, 2.24) is 0 Å². The maximum atomic E-state index is 11.0. The number of aliphatic hydroxyl groups is 2. The Balaban J connectivity index is 2.06. The Morgan fingerprint density at radius 3 is 2.47 bits per heavy atom. The first-order chi connectivity index (χ1) is 7.71. The smallest absolute Gasteiger partial charge is 0.0913 e. The van der Waals surface area contributed by atoms with Gasteiger partial charge in [-0.05, 0) is 55.4 Å². The molecule has 5 atom stereocenters. The van der Waals surface area contributed by atoms with E-state index >= 15 is 0 Å². The van der Waals surface area contributed by atoms with Crippen molar-refractivity contribution in [2.75, 3.05) is 0 Å². The van der Waals surface area contributed by atoms with E-state index in [1.807, 2.05) is 6.92 Å². The first kappa shape index (κ1) is 11.7. The first-order valence-electron chi connectivity index (χ1n) is 6.84. The molecular weight excluding hydrogens is 212 g/mol. The van der Waals surface area contributed by atoms with Crippen LogP contribution in [0.15, 0.2) is 12.2 Å². The highest BCUT2D eigenvalue weighted by Crippen LogP contribution is 2.72. The number of fused-ring (bicyclic) bond motifs is 3. The maximum absolute atomic E-state index is 11.0. The molecule has 3 rings (SSSR count). The lowest BCUT2D eigenvalue weighted by Gasteiger charge is -2.37. The monoisotopic (exact) mass is 236 g/mol. The summed E-state index contributed by atoms with van der Waals surface area (Å²) in [4.78, 5) is 0. The SMILES string of the molecule is C=C1CCC2C(C3C(C)(O)CCC13O)C2(C)C.